The number of aromatic nitrogens is 2. The van der Waals surface area contributed by atoms with Crippen LogP contribution in [0.25, 0.3) is 0 Å². The number of benzene rings is 1. The summed E-state index contributed by atoms with van der Waals surface area (Å²) < 4.78 is 14.1. The van der Waals surface area contributed by atoms with Crippen molar-refractivity contribution >= 4 is 23.2 Å². The van der Waals surface area contributed by atoms with Gasteiger partial charge < -0.3 is 0 Å². The van der Waals surface area contributed by atoms with Gasteiger partial charge in [0.15, 0.2) is 0 Å². The summed E-state index contributed by atoms with van der Waals surface area (Å²) in [4.78, 5) is 10.6. The van der Waals surface area contributed by atoms with Gasteiger partial charge in [-0.1, -0.05) is 23.7 Å². The minimum absolute atomic E-state index is 0.118. The van der Waals surface area contributed by atoms with Crippen molar-refractivity contribution in [1.82, 2.24) is 14.9 Å². The van der Waals surface area contributed by atoms with Crippen LogP contribution in [-0.4, -0.2) is 21.9 Å². The van der Waals surface area contributed by atoms with Gasteiger partial charge in [-0.2, -0.15) is 0 Å². The second kappa shape index (κ2) is 4.88. The maximum Gasteiger partial charge on any atom is 0.224 e. The molecule has 1 spiro atoms. The van der Waals surface area contributed by atoms with Gasteiger partial charge >= 0.3 is 0 Å². The van der Waals surface area contributed by atoms with E-state index in [4.69, 9.17) is 23.2 Å². The Morgan fingerprint density at radius 1 is 1.23 bits per heavy atom. The molecule has 1 aliphatic heterocycles. The maximum absolute atomic E-state index is 14.1. The summed E-state index contributed by atoms with van der Waals surface area (Å²) in [7, 11) is 2.05. The molecule has 6 heteroatoms. The Bertz CT molecular complexity index is 780. The van der Waals surface area contributed by atoms with Crippen LogP contribution < -0.4 is 0 Å². The number of fused-ring (bicyclic) bond motifs is 3. The van der Waals surface area contributed by atoms with Crippen molar-refractivity contribution in [3.8, 4) is 0 Å². The molecule has 2 aliphatic rings. The molecular formula is C16H14Cl2FN3. The van der Waals surface area contributed by atoms with Gasteiger partial charge in [0.1, 0.15) is 11.0 Å². The first-order valence-electron chi connectivity index (χ1n) is 7.21. The molecule has 0 radical (unpaired) electrons. The summed E-state index contributed by atoms with van der Waals surface area (Å²) in [6.45, 7) is 0.640. The lowest BCUT2D eigenvalue weighted by Gasteiger charge is -2.44. The summed E-state index contributed by atoms with van der Waals surface area (Å²) in [6.07, 6.45) is 2.30. The number of halogens is 3. The molecule has 0 saturated carbocycles. The second-order valence-electron chi connectivity index (χ2n) is 6.04. The van der Waals surface area contributed by atoms with Gasteiger partial charge in [-0.25, -0.2) is 14.4 Å². The number of likely N-dealkylation sites (N-methyl/N-ethyl adjacent to an activating group) is 1. The van der Waals surface area contributed by atoms with Crippen LogP contribution in [0.4, 0.5) is 4.39 Å². The van der Waals surface area contributed by atoms with E-state index in [0.717, 1.165) is 35.2 Å². The van der Waals surface area contributed by atoms with Crippen molar-refractivity contribution in [2.24, 2.45) is 0 Å². The average Bonchev–Trinajstić information content (AvgIpc) is 2.83. The molecule has 0 fully saturated rings. The summed E-state index contributed by atoms with van der Waals surface area (Å²) in [5, 5.41) is 0.579. The van der Waals surface area contributed by atoms with Crippen molar-refractivity contribution in [2.75, 3.05) is 7.05 Å². The largest absolute Gasteiger partial charge is 0.292 e. The Kier molecular flexibility index (Phi) is 3.19. The van der Waals surface area contributed by atoms with Crippen LogP contribution >= 0.6 is 23.2 Å². The fraction of sp³-hybridized carbons (Fsp3) is 0.375. The maximum atomic E-state index is 14.1. The molecule has 1 unspecified atom stereocenters. The fourth-order valence-electron chi connectivity index (χ4n) is 3.87. The van der Waals surface area contributed by atoms with E-state index >= 15 is 0 Å². The van der Waals surface area contributed by atoms with Crippen molar-refractivity contribution in [3.05, 3.63) is 56.8 Å². The fourth-order valence-corrected chi connectivity index (χ4v) is 4.35. The van der Waals surface area contributed by atoms with E-state index in [2.05, 4.69) is 14.9 Å². The molecular weight excluding hydrogens is 324 g/mol. The number of nitrogens with zero attached hydrogens (tertiary/aromatic N) is 3. The van der Waals surface area contributed by atoms with E-state index in [-0.39, 0.29) is 16.6 Å². The van der Waals surface area contributed by atoms with Crippen LogP contribution in [0.15, 0.2) is 18.2 Å². The molecule has 0 amide bonds. The summed E-state index contributed by atoms with van der Waals surface area (Å²) >= 11 is 12.2. The van der Waals surface area contributed by atoms with Crippen molar-refractivity contribution < 1.29 is 4.39 Å². The van der Waals surface area contributed by atoms with Crippen LogP contribution in [0, 0.1) is 5.82 Å². The van der Waals surface area contributed by atoms with Gasteiger partial charge in [0, 0.05) is 18.5 Å². The molecule has 22 heavy (non-hydrogen) atoms. The second-order valence-corrected chi connectivity index (χ2v) is 6.74. The zero-order valence-electron chi connectivity index (χ0n) is 12.0. The summed E-state index contributed by atoms with van der Waals surface area (Å²) in [5.41, 5.74) is 3.45. The topological polar surface area (TPSA) is 29.0 Å². The molecule has 2 aromatic rings. The van der Waals surface area contributed by atoms with Crippen molar-refractivity contribution in [3.63, 3.8) is 0 Å². The number of hydrogen-bond acceptors (Lipinski definition) is 3. The predicted molar refractivity (Wildman–Crippen MR) is 83.6 cm³/mol. The molecule has 2 heterocycles. The minimum Gasteiger partial charge on any atom is -0.292 e. The van der Waals surface area contributed by atoms with Crippen LogP contribution in [-0.2, 0) is 24.9 Å². The van der Waals surface area contributed by atoms with Crippen LogP contribution in [0.1, 0.15) is 28.8 Å². The summed E-state index contributed by atoms with van der Waals surface area (Å²) in [6, 6.07) is 5.34. The quantitative estimate of drug-likeness (QED) is 0.541. The van der Waals surface area contributed by atoms with E-state index in [9.17, 15) is 4.39 Å². The van der Waals surface area contributed by atoms with Crippen molar-refractivity contribution in [1.29, 1.82) is 0 Å². The average molecular weight is 338 g/mol. The van der Waals surface area contributed by atoms with Gasteiger partial charge in [0.05, 0.1) is 11.2 Å². The van der Waals surface area contributed by atoms with Crippen molar-refractivity contribution in [2.45, 2.75) is 31.3 Å². The minimum atomic E-state index is -0.231. The summed E-state index contributed by atoms with van der Waals surface area (Å²) in [5.74, 6) is -0.118. The van der Waals surface area contributed by atoms with E-state index in [1.54, 1.807) is 6.07 Å². The van der Waals surface area contributed by atoms with Crippen LogP contribution in [0.3, 0.4) is 0 Å². The molecule has 1 aromatic heterocycles. The van der Waals surface area contributed by atoms with E-state index in [0.29, 0.717) is 18.1 Å². The van der Waals surface area contributed by atoms with Crippen LogP contribution in [0.5, 0.6) is 0 Å². The third-order valence-corrected chi connectivity index (χ3v) is 5.49. The van der Waals surface area contributed by atoms with E-state index in [1.165, 1.54) is 6.07 Å². The molecule has 3 nitrogen and oxygen atoms in total. The Morgan fingerprint density at radius 3 is 2.86 bits per heavy atom. The zero-order chi connectivity index (χ0) is 15.5. The number of rotatable bonds is 0. The van der Waals surface area contributed by atoms with Gasteiger partial charge in [-0.3, -0.25) is 4.90 Å². The van der Waals surface area contributed by atoms with E-state index in [1.807, 2.05) is 13.1 Å². The van der Waals surface area contributed by atoms with Gasteiger partial charge in [0.25, 0.3) is 0 Å². The molecule has 114 valence electrons. The normalized spacial score (nSPS) is 23.6. The molecule has 0 saturated heterocycles. The first-order chi connectivity index (χ1) is 10.5. The highest BCUT2D eigenvalue weighted by Crippen LogP contribution is 2.47. The molecule has 1 atom stereocenters. The Hall–Kier alpha value is -1.23. The first-order valence-corrected chi connectivity index (χ1v) is 7.97. The standard InChI is InChI=1S/C16H14Cl2FN3/c1-22-8-10-13(20-15(18)21-14(10)17)7-16(22)6-5-9-11(16)3-2-4-12(9)19/h2-4H,5-8H2,1H3. The third kappa shape index (κ3) is 1.91. The molecule has 0 N–H and O–H groups in total. The third-order valence-electron chi connectivity index (χ3n) is 5.01. The Labute approximate surface area is 138 Å². The van der Waals surface area contributed by atoms with Crippen LogP contribution in [0.2, 0.25) is 10.4 Å². The lowest BCUT2D eigenvalue weighted by molar-refractivity contribution is 0.0930. The monoisotopic (exact) mass is 337 g/mol. The van der Waals surface area contributed by atoms with Gasteiger partial charge in [-0.05, 0) is 48.7 Å². The molecule has 1 aliphatic carbocycles. The van der Waals surface area contributed by atoms with Gasteiger partial charge in [-0.15, -0.1) is 0 Å². The highest BCUT2D eigenvalue weighted by Gasteiger charge is 2.46. The number of hydrogen-bond donors (Lipinski definition) is 0. The first kappa shape index (κ1) is 14.4. The predicted octanol–water partition coefficient (Wildman–Crippen LogP) is 3.75. The molecule has 0 bridgehead atoms. The highest BCUT2D eigenvalue weighted by molar-refractivity contribution is 6.32. The Balaban J connectivity index is 1.87. The lowest BCUT2D eigenvalue weighted by Crippen LogP contribution is -2.47. The smallest absolute Gasteiger partial charge is 0.224 e. The SMILES string of the molecule is CN1Cc2c(Cl)nc(Cl)nc2CC12CCc1c(F)cccc12. The zero-order valence-corrected chi connectivity index (χ0v) is 13.5. The van der Waals surface area contributed by atoms with E-state index < -0.39 is 0 Å². The molecule has 4 rings (SSSR count). The van der Waals surface area contributed by atoms with Gasteiger partial charge in [0.2, 0.25) is 5.28 Å². The highest BCUT2D eigenvalue weighted by atomic mass is 35.5. The molecule has 1 aromatic carbocycles. The Morgan fingerprint density at radius 2 is 2.05 bits per heavy atom. The lowest BCUT2D eigenvalue weighted by atomic mass is 9.81.